The van der Waals surface area contributed by atoms with Crippen molar-refractivity contribution in [2.45, 2.75) is 6.10 Å². The highest BCUT2D eigenvalue weighted by Crippen LogP contribution is 2.26. The molecule has 0 saturated carbocycles. The van der Waals surface area contributed by atoms with Crippen molar-refractivity contribution < 1.29 is 14.6 Å². The summed E-state index contributed by atoms with van der Waals surface area (Å²) in [6.45, 7) is -0.0448. The maximum atomic E-state index is 9.02. The Morgan fingerprint density at radius 1 is 1.31 bits per heavy atom. The Morgan fingerprint density at radius 3 is 2.54 bits per heavy atom. The van der Waals surface area contributed by atoms with E-state index in [4.69, 9.17) is 14.6 Å². The molecule has 1 aromatic carbocycles. The van der Waals surface area contributed by atoms with Gasteiger partial charge in [0.05, 0.1) is 13.7 Å². The average Bonchev–Trinajstić information content (AvgIpc) is 2.20. The topological polar surface area (TPSA) is 38.7 Å². The number of benzene rings is 1. The van der Waals surface area contributed by atoms with Gasteiger partial charge in [-0.15, -0.1) is 0 Å². The first-order valence-corrected chi connectivity index (χ1v) is 4.10. The van der Waals surface area contributed by atoms with E-state index in [2.05, 4.69) is 0 Å². The molecule has 1 N–H and O–H groups in total. The maximum absolute atomic E-state index is 9.02. The van der Waals surface area contributed by atoms with E-state index in [1.807, 2.05) is 24.3 Å². The van der Waals surface area contributed by atoms with Crippen LogP contribution in [0.25, 0.3) is 0 Å². The molecular weight excluding hydrogens is 168 g/mol. The van der Waals surface area contributed by atoms with Gasteiger partial charge in [0.25, 0.3) is 0 Å². The van der Waals surface area contributed by atoms with Crippen molar-refractivity contribution in [1.29, 1.82) is 0 Å². The van der Waals surface area contributed by atoms with Gasteiger partial charge in [0, 0.05) is 12.7 Å². The predicted octanol–water partition coefficient (Wildman–Crippen LogP) is 1.37. The molecule has 1 unspecified atom stereocenters. The summed E-state index contributed by atoms with van der Waals surface area (Å²) in [7, 11) is 3.16. The molecule has 72 valence electrons. The summed E-state index contributed by atoms with van der Waals surface area (Å²) >= 11 is 0. The first kappa shape index (κ1) is 10.0. The van der Waals surface area contributed by atoms with E-state index in [-0.39, 0.29) is 12.7 Å². The largest absolute Gasteiger partial charge is 0.496 e. The molecule has 0 aromatic heterocycles. The van der Waals surface area contributed by atoms with Crippen LogP contribution in [-0.2, 0) is 4.74 Å². The summed E-state index contributed by atoms with van der Waals surface area (Å²) in [5.41, 5.74) is 0.870. The Hall–Kier alpha value is -1.06. The van der Waals surface area contributed by atoms with Crippen LogP contribution in [0.1, 0.15) is 11.7 Å². The van der Waals surface area contributed by atoms with Gasteiger partial charge in [-0.05, 0) is 6.07 Å². The lowest BCUT2D eigenvalue weighted by Gasteiger charge is -2.15. The third kappa shape index (κ3) is 2.20. The first-order valence-electron chi connectivity index (χ1n) is 4.10. The minimum absolute atomic E-state index is 0.0448. The molecule has 3 heteroatoms. The van der Waals surface area contributed by atoms with Gasteiger partial charge in [-0.3, -0.25) is 0 Å². The lowest BCUT2D eigenvalue weighted by molar-refractivity contribution is 0.0467. The highest BCUT2D eigenvalue weighted by atomic mass is 16.5. The van der Waals surface area contributed by atoms with Crippen LogP contribution in [0.3, 0.4) is 0 Å². The lowest BCUT2D eigenvalue weighted by Crippen LogP contribution is -2.07. The Morgan fingerprint density at radius 2 is 2.00 bits per heavy atom. The van der Waals surface area contributed by atoms with Crippen molar-refractivity contribution in [3.05, 3.63) is 29.8 Å². The number of para-hydroxylation sites is 1. The van der Waals surface area contributed by atoms with Gasteiger partial charge in [-0.2, -0.15) is 0 Å². The summed E-state index contributed by atoms with van der Waals surface area (Å²) in [5.74, 6) is 0.739. The summed E-state index contributed by atoms with van der Waals surface area (Å²) in [6.07, 6.45) is -0.309. The number of hydrogen-bond donors (Lipinski definition) is 1. The van der Waals surface area contributed by atoms with Crippen LogP contribution in [0.4, 0.5) is 0 Å². The molecule has 0 bridgehead atoms. The van der Waals surface area contributed by atoms with Crippen molar-refractivity contribution in [3.63, 3.8) is 0 Å². The SMILES string of the molecule is COc1ccccc1C(CO)OC. The predicted molar refractivity (Wildman–Crippen MR) is 49.8 cm³/mol. The minimum Gasteiger partial charge on any atom is -0.496 e. The molecule has 1 aromatic rings. The number of methoxy groups -OCH3 is 2. The smallest absolute Gasteiger partial charge is 0.124 e. The van der Waals surface area contributed by atoms with Crippen LogP contribution < -0.4 is 4.74 Å². The van der Waals surface area contributed by atoms with E-state index in [0.717, 1.165) is 11.3 Å². The molecule has 0 heterocycles. The van der Waals surface area contributed by atoms with Crippen molar-refractivity contribution in [2.75, 3.05) is 20.8 Å². The summed E-state index contributed by atoms with van der Waals surface area (Å²) in [4.78, 5) is 0. The zero-order valence-electron chi connectivity index (χ0n) is 7.86. The first-order chi connectivity index (χ1) is 6.33. The van der Waals surface area contributed by atoms with E-state index in [1.165, 1.54) is 0 Å². The molecule has 0 radical (unpaired) electrons. The molecule has 0 aliphatic heterocycles. The second-order valence-electron chi connectivity index (χ2n) is 2.65. The van der Waals surface area contributed by atoms with Gasteiger partial charge in [0.1, 0.15) is 11.9 Å². The van der Waals surface area contributed by atoms with Crippen LogP contribution in [0.5, 0.6) is 5.75 Å². The molecule has 1 rings (SSSR count). The fourth-order valence-electron chi connectivity index (χ4n) is 1.23. The van der Waals surface area contributed by atoms with Gasteiger partial charge in [0.15, 0.2) is 0 Å². The minimum atomic E-state index is -0.309. The standard InChI is InChI=1S/C10H14O3/c1-12-9-6-4-3-5-8(9)10(7-11)13-2/h3-6,10-11H,7H2,1-2H3. The molecular formula is C10H14O3. The molecule has 13 heavy (non-hydrogen) atoms. The molecule has 1 atom stereocenters. The molecule has 0 spiro atoms. The molecule has 0 fully saturated rings. The number of rotatable bonds is 4. The van der Waals surface area contributed by atoms with Crippen molar-refractivity contribution in [2.24, 2.45) is 0 Å². The molecule has 0 aliphatic carbocycles. The molecule has 3 nitrogen and oxygen atoms in total. The van der Waals surface area contributed by atoms with Crippen LogP contribution in [0.2, 0.25) is 0 Å². The third-order valence-electron chi connectivity index (χ3n) is 1.94. The van der Waals surface area contributed by atoms with E-state index in [1.54, 1.807) is 14.2 Å². The van der Waals surface area contributed by atoms with E-state index >= 15 is 0 Å². The zero-order valence-corrected chi connectivity index (χ0v) is 7.86. The Balaban J connectivity index is 2.96. The molecule has 0 aliphatic rings. The molecule has 0 saturated heterocycles. The summed E-state index contributed by atoms with van der Waals surface area (Å²) in [6, 6.07) is 7.49. The number of ether oxygens (including phenoxy) is 2. The van der Waals surface area contributed by atoms with Crippen LogP contribution in [-0.4, -0.2) is 25.9 Å². The monoisotopic (exact) mass is 182 g/mol. The third-order valence-corrected chi connectivity index (χ3v) is 1.94. The fraction of sp³-hybridized carbons (Fsp3) is 0.400. The fourth-order valence-corrected chi connectivity index (χ4v) is 1.23. The lowest BCUT2D eigenvalue weighted by atomic mass is 10.1. The Kier molecular flexibility index (Phi) is 3.73. The Bertz CT molecular complexity index is 256. The van der Waals surface area contributed by atoms with E-state index in [9.17, 15) is 0 Å². The van der Waals surface area contributed by atoms with E-state index in [0.29, 0.717) is 0 Å². The number of aliphatic hydroxyl groups is 1. The van der Waals surface area contributed by atoms with Gasteiger partial charge >= 0.3 is 0 Å². The molecule has 0 amide bonds. The van der Waals surface area contributed by atoms with Crippen molar-refractivity contribution >= 4 is 0 Å². The van der Waals surface area contributed by atoms with Crippen molar-refractivity contribution in [1.82, 2.24) is 0 Å². The van der Waals surface area contributed by atoms with Gasteiger partial charge < -0.3 is 14.6 Å². The highest BCUT2D eigenvalue weighted by Gasteiger charge is 2.13. The van der Waals surface area contributed by atoms with Gasteiger partial charge in [-0.25, -0.2) is 0 Å². The summed E-state index contributed by atoms with van der Waals surface area (Å²) < 4.78 is 10.2. The number of aliphatic hydroxyl groups excluding tert-OH is 1. The van der Waals surface area contributed by atoms with Crippen LogP contribution in [0, 0.1) is 0 Å². The second kappa shape index (κ2) is 4.84. The zero-order chi connectivity index (χ0) is 9.68. The highest BCUT2D eigenvalue weighted by molar-refractivity contribution is 5.35. The second-order valence-corrected chi connectivity index (χ2v) is 2.65. The normalized spacial score (nSPS) is 12.5. The quantitative estimate of drug-likeness (QED) is 0.764. The average molecular weight is 182 g/mol. The summed E-state index contributed by atoms with van der Waals surface area (Å²) in [5, 5.41) is 9.02. The van der Waals surface area contributed by atoms with Gasteiger partial charge in [-0.1, -0.05) is 18.2 Å². The van der Waals surface area contributed by atoms with Crippen LogP contribution in [0.15, 0.2) is 24.3 Å². The van der Waals surface area contributed by atoms with Crippen molar-refractivity contribution in [3.8, 4) is 5.75 Å². The Labute approximate surface area is 77.9 Å². The van der Waals surface area contributed by atoms with Gasteiger partial charge in [0.2, 0.25) is 0 Å². The van der Waals surface area contributed by atoms with E-state index < -0.39 is 0 Å². The number of hydrogen-bond acceptors (Lipinski definition) is 3. The maximum Gasteiger partial charge on any atom is 0.124 e. The van der Waals surface area contributed by atoms with Crippen LogP contribution >= 0.6 is 0 Å².